The molecule has 4 nitrogen and oxygen atoms in total. The number of aryl methyl sites for hydroxylation is 2. The molecule has 0 aliphatic heterocycles. The largest absolute Gasteiger partial charge is 0.369 e. The van der Waals surface area contributed by atoms with Crippen molar-refractivity contribution in [2.45, 2.75) is 13.8 Å². The molecule has 18 heavy (non-hydrogen) atoms. The fourth-order valence-electron chi connectivity index (χ4n) is 2.05. The van der Waals surface area contributed by atoms with Gasteiger partial charge in [0.25, 0.3) is 0 Å². The van der Waals surface area contributed by atoms with Crippen molar-refractivity contribution in [1.29, 1.82) is 0 Å². The molecule has 0 fully saturated rings. The Hall–Kier alpha value is -2.36. The molecule has 90 valence electrons. The predicted octanol–water partition coefficient (Wildman–Crippen LogP) is 2.62. The first-order valence-corrected chi connectivity index (χ1v) is 5.83. The van der Waals surface area contributed by atoms with Crippen LogP contribution in [0.15, 0.2) is 36.5 Å². The molecule has 0 saturated heterocycles. The third-order valence-corrected chi connectivity index (χ3v) is 3.19. The van der Waals surface area contributed by atoms with Crippen LogP contribution in [-0.4, -0.2) is 14.5 Å². The van der Waals surface area contributed by atoms with E-state index in [-0.39, 0.29) is 0 Å². The third kappa shape index (κ3) is 1.54. The number of anilines is 1. The second kappa shape index (κ2) is 3.84. The van der Waals surface area contributed by atoms with E-state index in [9.17, 15) is 0 Å². The van der Waals surface area contributed by atoms with E-state index >= 15 is 0 Å². The Morgan fingerprint density at radius 2 is 1.94 bits per heavy atom. The van der Waals surface area contributed by atoms with Gasteiger partial charge in [-0.2, -0.15) is 0 Å². The molecule has 0 saturated carbocycles. The minimum absolute atomic E-state index is 0.465. The zero-order valence-electron chi connectivity index (χ0n) is 10.4. The van der Waals surface area contributed by atoms with Crippen LogP contribution < -0.4 is 5.73 Å². The number of aromatic nitrogens is 3. The average molecular weight is 238 g/mol. The van der Waals surface area contributed by atoms with Crippen molar-refractivity contribution in [3.63, 3.8) is 0 Å². The monoisotopic (exact) mass is 238 g/mol. The van der Waals surface area contributed by atoms with Gasteiger partial charge in [0, 0.05) is 6.20 Å². The number of hydrogen-bond acceptors (Lipinski definition) is 3. The van der Waals surface area contributed by atoms with Crippen LogP contribution in [0.25, 0.3) is 16.9 Å². The van der Waals surface area contributed by atoms with Crippen molar-refractivity contribution in [3.8, 4) is 5.69 Å². The summed E-state index contributed by atoms with van der Waals surface area (Å²) < 4.78 is 1.88. The molecule has 0 spiro atoms. The van der Waals surface area contributed by atoms with Gasteiger partial charge < -0.3 is 5.73 Å². The lowest BCUT2D eigenvalue weighted by molar-refractivity contribution is 1.08. The maximum atomic E-state index is 5.99. The quantitative estimate of drug-likeness (QED) is 0.709. The molecule has 0 aliphatic carbocycles. The average Bonchev–Trinajstić information content (AvgIpc) is 2.69. The third-order valence-electron chi connectivity index (χ3n) is 3.19. The fraction of sp³-hybridized carbons (Fsp3) is 0.143. The maximum Gasteiger partial charge on any atom is 0.207 e. The fourth-order valence-corrected chi connectivity index (χ4v) is 2.05. The van der Waals surface area contributed by atoms with E-state index in [2.05, 4.69) is 35.9 Å². The van der Waals surface area contributed by atoms with Crippen molar-refractivity contribution in [1.82, 2.24) is 14.5 Å². The molecule has 2 aromatic heterocycles. The summed E-state index contributed by atoms with van der Waals surface area (Å²) in [5.74, 6) is 0.465. The van der Waals surface area contributed by atoms with Gasteiger partial charge in [0.1, 0.15) is 5.52 Å². The van der Waals surface area contributed by atoms with E-state index in [0.29, 0.717) is 5.95 Å². The molecule has 1 aromatic carbocycles. The van der Waals surface area contributed by atoms with Crippen molar-refractivity contribution < 1.29 is 0 Å². The molecule has 0 radical (unpaired) electrons. The molecule has 0 atom stereocenters. The van der Waals surface area contributed by atoms with Crippen molar-refractivity contribution in [2.24, 2.45) is 0 Å². The number of imidazole rings is 1. The molecule has 4 heteroatoms. The van der Waals surface area contributed by atoms with Crippen LogP contribution in [0.5, 0.6) is 0 Å². The number of fused-ring (bicyclic) bond motifs is 1. The highest BCUT2D eigenvalue weighted by molar-refractivity contribution is 5.76. The number of rotatable bonds is 1. The zero-order valence-corrected chi connectivity index (χ0v) is 10.4. The zero-order chi connectivity index (χ0) is 12.7. The summed E-state index contributed by atoms with van der Waals surface area (Å²) in [4.78, 5) is 8.67. The molecular formula is C14H14N4. The minimum Gasteiger partial charge on any atom is -0.369 e. The van der Waals surface area contributed by atoms with Gasteiger partial charge in [-0.25, -0.2) is 9.97 Å². The minimum atomic E-state index is 0.465. The number of nitrogen functional groups attached to an aromatic ring is 1. The first-order chi connectivity index (χ1) is 8.66. The Kier molecular flexibility index (Phi) is 2.30. The summed E-state index contributed by atoms with van der Waals surface area (Å²) in [6.45, 7) is 4.17. The van der Waals surface area contributed by atoms with Gasteiger partial charge >= 0.3 is 0 Å². The van der Waals surface area contributed by atoms with Crippen LogP contribution in [0.3, 0.4) is 0 Å². The number of benzene rings is 1. The molecule has 0 aliphatic rings. The number of nitrogens with zero attached hydrogens (tertiary/aromatic N) is 3. The summed E-state index contributed by atoms with van der Waals surface area (Å²) in [6, 6.07) is 9.99. The Morgan fingerprint density at radius 1 is 1.11 bits per heavy atom. The summed E-state index contributed by atoms with van der Waals surface area (Å²) in [6.07, 6.45) is 1.75. The molecular weight excluding hydrogens is 224 g/mol. The predicted molar refractivity (Wildman–Crippen MR) is 72.8 cm³/mol. The van der Waals surface area contributed by atoms with Gasteiger partial charge in [-0.1, -0.05) is 6.07 Å². The lowest BCUT2D eigenvalue weighted by Gasteiger charge is -2.08. The highest BCUT2D eigenvalue weighted by Gasteiger charge is 2.10. The van der Waals surface area contributed by atoms with Gasteiger partial charge in [-0.05, 0) is 49.2 Å². The van der Waals surface area contributed by atoms with Crippen LogP contribution in [-0.2, 0) is 0 Å². The Labute approximate surface area is 105 Å². The highest BCUT2D eigenvalue weighted by atomic mass is 15.2. The van der Waals surface area contributed by atoms with Crippen molar-refractivity contribution in [3.05, 3.63) is 47.7 Å². The summed E-state index contributed by atoms with van der Waals surface area (Å²) in [7, 11) is 0. The van der Waals surface area contributed by atoms with E-state index in [0.717, 1.165) is 16.9 Å². The lowest BCUT2D eigenvalue weighted by atomic mass is 10.1. The van der Waals surface area contributed by atoms with Gasteiger partial charge in [-0.3, -0.25) is 4.57 Å². The SMILES string of the molecule is Cc1ccc(-n2c(N)nc3cccnc32)cc1C. The van der Waals surface area contributed by atoms with Gasteiger partial charge in [0.15, 0.2) is 5.65 Å². The first kappa shape index (κ1) is 10.8. The number of pyridine rings is 1. The van der Waals surface area contributed by atoms with Gasteiger partial charge in [-0.15, -0.1) is 0 Å². The molecule has 0 unspecified atom stereocenters. The highest BCUT2D eigenvalue weighted by Crippen LogP contribution is 2.22. The Morgan fingerprint density at radius 3 is 2.72 bits per heavy atom. The summed E-state index contributed by atoms with van der Waals surface area (Å²) in [5.41, 5.74) is 11.1. The Balaban J connectivity index is 2.30. The first-order valence-electron chi connectivity index (χ1n) is 5.83. The molecule has 3 aromatic rings. The van der Waals surface area contributed by atoms with Crippen molar-refractivity contribution in [2.75, 3.05) is 5.73 Å². The van der Waals surface area contributed by atoms with Crippen molar-refractivity contribution >= 4 is 17.1 Å². The molecule has 0 amide bonds. The van der Waals surface area contributed by atoms with E-state index < -0.39 is 0 Å². The topological polar surface area (TPSA) is 56.7 Å². The molecule has 2 N–H and O–H groups in total. The molecule has 0 bridgehead atoms. The number of nitrogens with two attached hydrogens (primary N) is 1. The Bertz CT molecular complexity index is 728. The van der Waals surface area contributed by atoms with Crippen LogP contribution in [0.4, 0.5) is 5.95 Å². The number of hydrogen-bond donors (Lipinski definition) is 1. The molecule has 3 rings (SSSR count). The van der Waals surface area contributed by atoms with Crippen LogP contribution in [0.2, 0.25) is 0 Å². The maximum absolute atomic E-state index is 5.99. The van der Waals surface area contributed by atoms with Gasteiger partial charge in [0.2, 0.25) is 5.95 Å². The van der Waals surface area contributed by atoms with E-state index in [1.807, 2.05) is 22.8 Å². The van der Waals surface area contributed by atoms with Crippen LogP contribution in [0, 0.1) is 13.8 Å². The standard InChI is InChI=1S/C14H14N4/c1-9-5-6-11(8-10(9)2)18-13-12(17-14(18)15)4-3-7-16-13/h3-8H,1-2H3,(H2,15,17). The summed E-state index contributed by atoms with van der Waals surface area (Å²) in [5, 5.41) is 0. The van der Waals surface area contributed by atoms with Crippen LogP contribution >= 0.6 is 0 Å². The van der Waals surface area contributed by atoms with E-state index in [4.69, 9.17) is 5.73 Å². The summed E-state index contributed by atoms with van der Waals surface area (Å²) >= 11 is 0. The molecule has 2 heterocycles. The lowest BCUT2D eigenvalue weighted by Crippen LogP contribution is -2.02. The second-order valence-corrected chi connectivity index (χ2v) is 4.42. The van der Waals surface area contributed by atoms with E-state index in [1.165, 1.54) is 11.1 Å². The van der Waals surface area contributed by atoms with Crippen LogP contribution in [0.1, 0.15) is 11.1 Å². The van der Waals surface area contributed by atoms with E-state index in [1.54, 1.807) is 6.20 Å². The smallest absolute Gasteiger partial charge is 0.207 e. The van der Waals surface area contributed by atoms with Gasteiger partial charge in [0.05, 0.1) is 5.69 Å². The normalized spacial score (nSPS) is 11.0. The second-order valence-electron chi connectivity index (χ2n) is 4.42.